The van der Waals surface area contributed by atoms with Crippen molar-refractivity contribution in [2.24, 2.45) is 5.92 Å². The van der Waals surface area contributed by atoms with E-state index in [9.17, 15) is 9.59 Å². The Morgan fingerprint density at radius 2 is 1.88 bits per heavy atom. The zero-order valence-corrected chi connectivity index (χ0v) is 14.3. The number of benzene rings is 1. The molecule has 26 heavy (non-hydrogen) atoms. The van der Waals surface area contributed by atoms with Gasteiger partial charge in [0, 0.05) is 18.6 Å². The van der Waals surface area contributed by atoms with Gasteiger partial charge in [-0.15, -0.1) is 10.2 Å². The van der Waals surface area contributed by atoms with Crippen molar-refractivity contribution in [2.45, 2.75) is 37.8 Å². The number of hydrogen-bond donors (Lipinski definition) is 2. The van der Waals surface area contributed by atoms with Crippen molar-refractivity contribution < 1.29 is 14.7 Å². The molecule has 2 aromatic rings. The maximum absolute atomic E-state index is 12.3. The molecular formula is C18H21N5O3. The molecule has 8 heteroatoms. The Labute approximate surface area is 150 Å². The number of nitrogens with one attached hydrogen (secondary N) is 1. The lowest BCUT2D eigenvalue weighted by atomic mass is 9.85. The molecule has 2 N–H and O–H groups in total. The third-order valence-corrected chi connectivity index (χ3v) is 5.06. The van der Waals surface area contributed by atoms with E-state index in [4.69, 9.17) is 5.11 Å². The number of para-hydroxylation sites is 1. The minimum absolute atomic E-state index is 0.0260. The molecule has 136 valence electrons. The van der Waals surface area contributed by atoms with E-state index in [0.717, 1.165) is 19.4 Å². The second-order valence-electron chi connectivity index (χ2n) is 7.19. The van der Waals surface area contributed by atoms with Crippen LogP contribution in [0.15, 0.2) is 24.3 Å². The first-order chi connectivity index (χ1) is 12.6. The number of carboxylic acid groups (broad SMARTS) is 1. The van der Waals surface area contributed by atoms with Gasteiger partial charge in [0.25, 0.3) is 5.91 Å². The third kappa shape index (κ3) is 3.80. The van der Waals surface area contributed by atoms with Crippen LogP contribution in [0.2, 0.25) is 0 Å². The summed E-state index contributed by atoms with van der Waals surface area (Å²) in [6.45, 7) is 0.912. The summed E-state index contributed by atoms with van der Waals surface area (Å²) in [5, 5.41) is 19.9. The molecule has 2 fully saturated rings. The highest BCUT2D eigenvalue weighted by Crippen LogP contribution is 2.33. The zero-order chi connectivity index (χ0) is 18.1. The number of fused-ring (bicyclic) bond motifs is 1. The summed E-state index contributed by atoms with van der Waals surface area (Å²) in [5.41, 5.74) is 1.29. The van der Waals surface area contributed by atoms with Crippen LogP contribution < -0.4 is 5.32 Å². The quantitative estimate of drug-likeness (QED) is 0.765. The van der Waals surface area contributed by atoms with E-state index in [-0.39, 0.29) is 30.4 Å². The maximum Gasteiger partial charge on any atom is 0.317 e. The number of carbonyl (C=O) groups is 2. The second kappa shape index (κ2) is 6.95. The molecule has 1 heterocycles. The molecule has 2 aliphatic carbocycles. The van der Waals surface area contributed by atoms with Gasteiger partial charge in [0.05, 0.1) is 12.1 Å². The average Bonchev–Trinajstić information content (AvgIpc) is 3.40. The molecule has 1 aromatic heterocycles. The van der Waals surface area contributed by atoms with Gasteiger partial charge in [-0.1, -0.05) is 12.1 Å². The summed E-state index contributed by atoms with van der Waals surface area (Å²) < 4.78 is 0. The zero-order valence-electron chi connectivity index (χ0n) is 14.3. The number of nitrogens with zero attached hydrogens (tertiary/aromatic N) is 4. The highest BCUT2D eigenvalue weighted by atomic mass is 16.4. The molecular weight excluding hydrogens is 334 g/mol. The number of amides is 1. The van der Waals surface area contributed by atoms with Crippen molar-refractivity contribution in [1.29, 1.82) is 0 Å². The van der Waals surface area contributed by atoms with E-state index in [0.29, 0.717) is 17.0 Å². The van der Waals surface area contributed by atoms with Crippen LogP contribution in [0.1, 0.15) is 36.3 Å². The molecule has 2 aliphatic rings. The van der Waals surface area contributed by atoms with Gasteiger partial charge < -0.3 is 10.4 Å². The molecule has 0 spiro atoms. The monoisotopic (exact) mass is 355 g/mol. The second-order valence-corrected chi connectivity index (χ2v) is 7.19. The predicted octanol–water partition coefficient (Wildman–Crippen LogP) is 1.08. The van der Waals surface area contributed by atoms with E-state index in [2.05, 4.69) is 20.5 Å². The Hall–Kier alpha value is -2.61. The number of carbonyl (C=O) groups excluding carboxylic acids is 1. The predicted molar refractivity (Wildman–Crippen MR) is 93.5 cm³/mol. The SMILES string of the molecule is O=C(O)CN(CC1CC1)C1CC(NC(=O)c2nnc3ccccc3n2)C1. The molecule has 1 amide bonds. The van der Waals surface area contributed by atoms with Crippen LogP contribution in [0.25, 0.3) is 11.0 Å². The van der Waals surface area contributed by atoms with Crippen LogP contribution in [0, 0.1) is 5.92 Å². The van der Waals surface area contributed by atoms with Gasteiger partial charge in [-0.25, -0.2) is 4.98 Å². The first-order valence-electron chi connectivity index (χ1n) is 8.94. The van der Waals surface area contributed by atoms with Gasteiger partial charge in [0.2, 0.25) is 5.82 Å². The fourth-order valence-corrected chi connectivity index (χ4v) is 3.38. The summed E-state index contributed by atoms with van der Waals surface area (Å²) in [4.78, 5) is 29.7. The van der Waals surface area contributed by atoms with E-state index in [1.807, 2.05) is 17.0 Å². The molecule has 0 atom stereocenters. The highest BCUT2D eigenvalue weighted by Gasteiger charge is 2.38. The number of rotatable bonds is 7. The van der Waals surface area contributed by atoms with Crippen LogP contribution in [0.5, 0.6) is 0 Å². The maximum atomic E-state index is 12.3. The van der Waals surface area contributed by atoms with Crippen molar-refractivity contribution in [3.8, 4) is 0 Å². The summed E-state index contributed by atoms with van der Waals surface area (Å²) in [6, 6.07) is 7.52. The normalized spacial score (nSPS) is 22.2. The molecule has 0 unspecified atom stereocenters. The first kappa shape index (κ1) is 16.8. The van der Waals surface area contributed by atoms with E-state index >= 15 is 0 Å². The Balaban J connectivity index is 1.33. The molecule has 0 saturated heterocycles. The van der Waals surface area contributed by atoms with E-state index in [1.54, 1.807) is 12.1 Å². The fourth-order valence-electron chi connectivity index (χ4n) is 3.38. The van der Waals surface area contributed by atoms with Crippen LogP contribution >= 0.6 is 0 Å². The molecule has 8 nitrogen and oxygen atoms in total. The highest BCUT2D eigenvalue weighted by molar-refractivity contribution is 5.92. The van der Waals surface area contributed by atoms with Crippen molar-refractivity contribution in [1.82, 2.24) is 25.4 Å². The Kier molecular flexibility index (Phi) is 4.50. The Morgan fingerprint density at radius 3 is 2.58 bits per heavy atom. The topological polar surface area (TPSA) is 108 Å². The van der Waals surface area contributed by atoms with Gasteiger partial charge in [-0.3, -0.25) is 14.5 Å². The summed E-state index contributed by atoms with van der Waals surface area (Å²) in [7, 11) is 0. The summed E-state index contributed by atoms with van der Waals surface area (Å²) in [5.74, 6) is -0.431. The lowest BCUT2D eigenvalue weighted by molar-refractivity contribution is -0.139. The number of hydrogen-bond acceptors (Lipinski definition) is 6. The number of aromatic nitrogens is 3. The van der Waals surface area contributed by atoms with Gasteiger partial charge in [0.1, 0.15) is 5.52 Å². The number of carboxylic acids is 1. The lowest BCUT2D eigenvalue weighted by Crippen LogP contribution is -2.55. The Morgan fingerprint density at radius 1 is 1.15 bits per heavy atom. The van der Waals surface area contributed by atoms with Crippen molar-refractivity contribution in [2.75, 3.05) is 13.1 Å². The summed E-state index contributed by atoms with van der Waals surface area (Å²) in [6.07, 6.45) is 3.89. The minimum Gasteiger partial charge on any atom is -0.480 e. The smallest absolute Gasteiger partial charge is 0.317 e. The molecule has 0 radical (unpaired) electrons. The largest absolute Gasteiger partial charge is 0.480 e. The summed E-state index contributed by atoms with van der Waals surface area (Å²) >= 11 is 0. The van der Waals surface area contributed by atoms with Gasteiger partial charge in [-0.2, -0.15) is 0 Å². The fraction of sp³-hybridized carbons (Fsp3) is 0.500. The van der Waals surface area contributed by atoms with Crippen molar-refractivity contribution in [3.05, 3.63) is 30.1 Å². The average molecular weight is 355 g/mol. The van der Waals surface area contributed by atoms with Crippen molar-refractivity contribution in [3.63, 3.8) is 0 Å². The van der Waals surface area contributed by atoms with Crippen LogP contribution in [0.3, 0.4) is 0 Å². The van der Waals surface area contributed by atoms with E-state index in [1.165, 1.54) is 12.8 Å². The lowest BCUT2D eigenvalue weighted by Gasteiger charge is -2.42. The molecule has 0 aliphatic heterocycles. The standard InChI is InChI=1S/C18H21N5O3/c24-16(25)10-23(9-11-5-6-11)13-7-12(8-13)19-18(26)17-20-14-3-1-2-4-15(14)21-22-17/h1-4,11-13H,5-10H2,(H,19,26)(H,24,25). The van der Waals surface area contributed by atoms with E-state index < -0.39 is 5.97 Å². The van der Waals surface area contributed by atoms with Crippen molar-refractivity contribution >= 4 is 22.9 Å². The van der Waals surface area contributed by atoms with Gasteiger partial charge in [0.15, 0.2) is 0 Å². The van der Waals surface area contributed by atoms with Crippen LogP contribution in [-0.4, -0.2) is 62.2 Å². The molecule has 2 saturated carbocycles. The minimum atomic E-state index is -0.797. The van der Waals surface area contributed by atoms with Crippen LogP contribution in [0.4, 0.5) is 0 Å². The number of aliphatic carboxylic acids is 1. The molecule has 1 aromatic carbocycles. The first-order valence-corrected chi connectivity index (χ1v) is 8.94. The Bertz CT molecular complexity index is 832. The van der Waals surface area contributed by atoms with Gasteiger partial charge >= 0.3 is 5.97 Å². The van der Waals surface area contributed by atoms with Crippen LogP contribution in [-0.2, 0) is 4.79 Å². The third-order valence-electron chi connectivity index (χ3n) is 5.06. The molecule has 0 bridgehead atoms. The van der Waals surface area contributed by atoms with Gasteiger partial charge in [-0.05, 0) is 43.7 Å². The molecule has 4 rings (SSSR count).